The average Bonchev–Trinajstić information content (AvgIpc) is 2.62. The van der Waals surface area contributed by atoms with Gasteiger partial charge in [-0.3, -0.25) is 9.69 Å². The molecule has 0 amide bonds. The summed E-state index contributed by atoms with van der Waals surface area (Å²) in [6.07, 6.45) is 5.25. The monoisotopic (exact) mass is 338 g/mol. The Morgan fingerprint density at radius 3 is 2.36 bits per heavy atom. The average molecular weight is 338 g/mol. The minimum absolute atomic E-state index is 0.137. The maximum Gasteiger partial charge on any atom is 0.159 e. The number of Topliss-reactive ketones (excluding diaryl/α,β-unsaturated/α-hetero) is 1. The SMILES string of the molecule is CC(=O)c1ccc(N2CCN(CC3=CC[C@@H]4C[C@H]3C4(C)C)CC2)cc1. The number of rotatable bonds is 4. The molecule has 1 aliphatic heterocycles. The third-order valence-electron chi connectivity index (χ3n) is 7.00. The molecule has 2 fully saturated rings. The summed E-state index contributed by atoms with van der Waals surface area (Å²) in [7, 11) is 0. The summed E-state index contributed by atoms with van der Waals surface area (Å²) in [6, 6.07) is 8.08. The zero-order chi connectivity index (χ0) is 17.6. The van der Waals surface area contributed by atoms with E-state index in [9.17, 15) is 4.79 Å². The molecule has 3 nitrogen and oxygen atoms in total. The molecule has 1 aromatic rings. The molecule has 0 aromatic heterocycles. The molecule has 1 heterocycles. The zero-order valence-electron chi connectivity index (χ0n) is 15.8. The van der Waals surface area contributed by atoms with E-state index in [0.29, 0.717) is 5.41 Å². The van der Waals surface area contributed by atoms with Gasteiger partial charge in [-0.15, -0.1) is 0 Å². The number of carbonyl (C=O) groups is 1. The van der Waals surface area contributed by atoms with Crippen LogP contribution in [0.4, 0.5) is 5.69 Å². The Morgan fingerprint density at radius 2 is 1.80 bits per heavy atom. The lowest BCUT2D eigenvalue weighted by Gasteiger charge is -2.57. The highest BCUT2D eigenvalue weighted by atomic mass is 16.1. The van der Waals surface area contributed by atoms with Crippen LogP contribution in [0.5, 0.6) is 0 Å². The Morgan fingerprint density at radius 1 is 1.12 bits per heavy atom. The van der Waals surface area contributed by atoms with E-state index in [-0.39, 0.29) is 5.78 Å². The topological polar surface area (TPSA) is 23.6 Å². The molecule has 4 aliphatic rings. The molecule has 0 N–H and O–H groups in total. The molecule has 25 heavy (non-hydrogen) atoms. The molecule has 1 aromatic carbocycles. The van der Waals surface area contributed by atoms with Gasteiger partial charge < -0.3 is 4.90 Å². The van der Waals surface area contributed by atoms with E-state index in [0.717, 1.165) is 50.1 Å². The Bertz CT molecular complexity index is 680. The molecule has 0 unspecified atom stereocenters. The van der Waals surface area contributed by atoms with Crippen LogP contribution in [0.1, 0.15) is 44.0 Å². The quantitative estimate of drug-likeness (QED) is 0.612. The number of allylic oxidation sites excluding steroid dienone is 1. The molecular weight excluding hydrogens is 308 g/mol. The first-order valence-electron chi connectivity index (χ1n) is 9.72. The van der Waals surface area contributed by atoms with Gasteiger partial charge >= 0.3 is 0 Å². The minimum atomic E-state index is 0.137. The van der Waals surface area contributed by atoms with Gasteiger partial charge in [-0.05, 0) is 61.3 Å². The predicted molar refractivity (Wildman–Crippen MR) is 103 cm³/mol. The Balaban J connectivity index is 1.33. The van der Waals surface area contributed by atoms with Crippen molar-refractivity contribution in [3.05, 3.63) is 41.5 Å². The van der Waals surface area contributed by atoms with E-state index < -0.39 is 0 Å². The second kappa shape index (κ2) is 6.28. The van der Waals surface area contributed by atoms with Gasteiger partial charge in [-0.1, -0.05) is 25.5 Å². The van der Waals surface area contributed by atoms with Crippen LogP contribution in [0.2, 0.25) is 0 Å². The van der Waals surface area contributed by atoms with Crippen molar-refractivity contribution in [2.45, 2.75) is 33.6 Å². The lowest BCUT2D eigenvalue weighted by atomic mass is 9.49. The van der Waals surface area contributed by atoms with Crippen LogP contribution >= 0.6 is 0 Å². The van der Waals surface area contributed by atoms with Crippen molar-refractivity contribution in [1.82, 2.24) is 4.90 Å². The fourth-order valence-electron chi connectivity index (χ4n) is 4.99. The number of fused-ring (bicyclic) bond motifs is 1. The van der Waals surface area contributed by atoms with E-state index in [4.69, 9.17) is 0 Å². The Labute approximate surface area is 151 Å². The normalized spacial score (nSPS) is 28.3. The van der Waals surface area contributed by atoms with Gasteiger partial charge in [-0.2, -0.15) is 0 Å². The lowest BCUT2D eigenvalue weighted by molar-refractivity contribution is -0.0107. The molecule has 5 rings (SSSR count). The van der Waals surface area contributed by atoms with Crippen LogP contribution < -0.4 is 4.90 Å². The molecule has 1 saturated heterocycles. The van der Waals surface area contributed by atoms with Gasteiger partial charge in [0.05, 0.1) is 0 Å². The maximum atomic E-state index is 11.4. The lowest BCUT2D eigenvalue weighted by Crippen LogP contribution is -2.52. The van der Waals surface area contributed by atoms with Crippen molar-refractivity contribution < 1.29 is 4.79 Å². The van der Waals surface area contributed by atoms with Crippen molar-refractivity contribution in [3.8, 4) is 0 Å². The summed E-state index contributed by atoms with van der Waals surface area (Å²) in [5, 5.41) is 0. The van der Waals surface area contributed by atoms with Gasteiger partial charge in [0, 0.05) is 44.0 Å². The molecule has 2 atom stereocenters. The van der Waals surface area contributed by atoms with E-state index in [1.165, 1.54) is 18.5 Å². The van der Waals surface area contributed by atoms with Crippen molar-refractivity contribution in [3.63, 3.8) is 0 Å². The van der Waals surface area contributed by atoms with E-state index in [1.54, 1.807) is 12.5 Å². The summed E-state index contributed by atoms with van der Waals surface area (Å²) in [5.41, 5.74) is 4.27. The zero-order valence-corrected chi connectivity index (χ0v) is 15.8. The summed E-state index contributed by atoms with van der Waals surface area (Å²) >= 11 is 0. The van der Waals surface area contributed by atoms with Gasteiger partial charge in [0.25, 0.3) is 0 Å². The largest absolute Gasteiger partial charge is 0.369 e. The van der Waals surface area contributed by atoms with E-state index in [2.05, 4.69) is 41.9 Å². The number of ketones is 1. The third-order valence-corrected chi connectivity index (χ3v) is 7.00. The van der Waals surface area contributed by atoms with Crippen molar-refractivity contribution >= 4 is 11.5 Å². The molecule has 1 saturated carbocycles. The number of hydrogen-bond donors (Lipinski definition) is 0. The Hall–Kier alpha value is -1.61. The van der Waals surface area contributed by atoms with Crippen molar-refractivity contribution in [1.29, 1.82) is 0 Å². The van der Waals surface area contributed by atoms with Crippen LogP contribution in [0.15, 0.2) is 35.9 Å². The standard InChI is InChI=1S/C22H30N2O/c1-16(25)17-5-8-20(9-6-17)24-12-10-23(11-13-24)15-18-4-7-19-14-21(18)22(19,2)3/h4-6,8-9,19,21H,7,10-15H2,1-3H3/t19-,21-/m1/s1. The first-order valence-corrected chi connectivity index (χ1v) is 9.72. The highest BCUT2D eigenvalue weighted by molar-refractivity contribution is 5.94. The Kier molecular flexibility index (Phi) is 4.23. The second-order valence-corrected chi connectivity index (χ2v) is 8.69. The van der Waals surface area contributed by atoms with Gasteiger partial charge in [0.15, 0.2) is 5.78 Å². The van der Waals surface area contributed by atoms with Crippen LogP contribution in [-0.4, -0.2) is 43.4 Å². The third kappa shape index (κ3) is 3.03. The molecule has 0 radical (unpaired) electrons. The number of piperazine rings is 1. The van der Waals surface area contributed by atoms with Crippen LogP contribution in [0.3, 0.4) is 0 Å². The van der Waals surface area contributed by atoms with Gasteiger partial charge in [0.2, 0.25) is 0 Å². The second-order valence-electron chi connectivity index (χ2n) is 8.69. The summed E-state index contributed by atoms with van der Waals surface area (Å²) < 4.78 is 0. The molecular formula is C22H30N2O. The number of anilines is 1. The van der Waals surface area contributed by atoms with Crippen molar-refractivity contribution in [2.24, 2.45) is 17.3 Å². The molecule has 0 spiro atoms. The highest BCUT2D eigenvalue weighted by Crippen LogP contribution is 2.59. The summed E-state index contributed by atoms with van der Waals surface area (Å²) in [6.45, 7) is 12.1. The fourth-order valence-corrected chi connectivity index (χ4v) is 4.99. The minimum Gasteiger partial charge on any atom is -0.369 e. The predicted octanol–water partition coefficient (Wildman–Crippen LogP) is 4.00. The number of hydrogen-bond acceptors (Lipinski definition) is 3. The highest BCUT2D eigenvalue weighted by Gasteiger charge is 2.51. The van der Waals surface area contributed by atoms with E-state index >= 15 is 0 Å². The summed E-state index contributed by atoms with van der Waals surface area (Å²) in [5.74, 6) is 1.89. The first-order chi connectivity index (χ1) is 11.9. The van der Waals surface area contributed by atoms with Gasteiger partial charge in [0.1, 0.15) is 0 Å². The number of benzene rings is 1. The van der Waals surface area contributed by atoms with Crippen LogP contribution in [0, 0.1) is 17.3 Å². The molecule has 3 heteroatoms. The smallest absolute Gasteiger partial charge is 0.159 e. The number of carbonyl (C=O) groups excluding carboxylic acids is 1. The van der Waals surface area contributed by atoms with E-state index in [1.807, 2.05) is 12.1 Å². The molecule has 3 aliphatic carbocycles. The number of nitrogens with zero attached hydrogens (tertiary/aromatic N) is 2. The van der Waals surface area contributed by atoms with Crippen molar-refractivity contribution in [2.75, 3.05) is 37.6 Å². The van der Waals surface area contributed by atoms with Gasteiger partial charge in [-0.25, -0.2) is 0 Å². The fraction of sp³-hybridized carbons (Fsp3) is 0.591. The first kappa shape index (κ1) is 16.8. The summed E-state index contributed by atoms with van der Waals surface area (Å²) in [4.78, 5) is 16.5. The van der Waals surface area contributed by atoms with Crippen LogP contribution in [0.25, 0.3) is 0 Å². The molecule has 2 bridgehead atoms. The molecule has 134 valence electrons. The van der Waals surface area contributed by atoms with Crippen LogP contribution in [-0.2, 0) is 0 Å². The maximum absolute atomic E-state index is 11.4.